The standard InChI is InChI=1S/C14H27N/c1-5-6-12-8-7-11(4)15(12)14-9-13(14)10(2)3/h10-14H,5-9H2,1-4H3. The molecule has 1 heterocycles. The molecule has 2 fully saturated rings. The van der Waals surface area contributed by atoms with Crippen LogP contribution in [0.4, 0.5) is 0 Å². The lowest BCUT2D eigenvalue weighted by Gasteiger charge is -2.29. The first-order chi connectivity index (χ1) is 7.15. The van der Waals surface area contributed by atoms with Gasteiger partial charge in [0.25, 0.3) is 0 Å². The van der Waals surface area contributed by atoms with Crippen molar-refractivity contribution in [1.29, 1.82) is 0 Å². The summed E-state index contributed by atoms with van der Waals surface area (Å²) in [5.74, 6) is 1.90. The van der Waals surface area contributed by atoms with Gasteiger partial charge in [-0.05, 0) is 44.4 Å². The lowest BCUT2D eigenvalue weighted by Crippen LogP contribution is -2.37. The molecule has 1 aliphatic carbocycles. The lowest BCUT2D eigenvalue weighted by molar-refractivity contribution is 0.169. The molecule has 88 valence electrons. The van der Waals surface area contributed by atoms with Crippen LogP contribution in [0.15, 0.2) is 0 Å². The Balaban J connectivity index is 1.94. The summed E-state index contributed by atoms with van der Waals surface area (Å²) in [4.78, 5) is 2.87. The van der Waals surface area contributed by atoms with Crippen LogP contribution in [-0.2, 0) is 0 Å². The number of hydrogen-bond acceptors (Lipinski definition) is 1. The molecule has 4 atom stereocenters. The number of rotatable bonds is 4. The summed E-state index contributed by atoms with van der Waals surface area (Å²) < 4.78 is 0. The second-order valence-electron chi connectivity index (χ2n) is 6.03. The van der Waals surface area contributed by atoms with Crippen molar-refractivity contribution in [2.75, 3.05) is 0 Å². The zero-order chi connectivity index (χ0) is 11.0. The van der Waals surface area contributed by atoms with Gasteiger partial charge in [0.15, 0.2) is 0 Å². The monoisotopic (exact) mass is 209 g/mol. The minimum atomic E-state index is 0.857. The summed E-state index contributed by atoms with van der Waals surface area (Å²) in [6.45, 7) is 9.54. The third-order valence-corrected chi connectivity index (χ3v) is 4.51. The zero-order valence-corrected chi connectivity index (χ0v) is 10.9. The Kier molecular flexibility index (Phi) is 3.39. The first-order valence-electron chi connectivity index (χ1n) is 6.92. The van der Waals surface area contributed by atoms with Gasteiger partial charge < -0.3 is 0 Å². The number of likely N-dealkylation sites (tertiary alicyclic amines) is 1. The fourth-order valence-corrected chi connectivity index (χ4v) is 3.58. The van der Waals surface area contributed by atoms with Crippen LogP contribution in [0.2, 0.25) is 0 Å². The molecule has 0 amide bonds. The van der Waals surface area contributed by atoms with Crippen LogP contribution in [-0.4, -0.2) is 23.0 Å². The van der Waals surface area contributed by atoms with Crippen LogP contribution in [0.3, 0.4) is 0 Å². The van der Waals surface area contributed by atoms with E-state index in [1.54, 1.807) is 0 Å². The summed E-state index contributed by atoms with van der Waals surface area (Å²) in [6, 6.07) is 2.72. The molecule has 0 aromatic rings. The van der Waals surface area contributed by atoms with E-state index in [4.69, 9.17) is 0 Å². The molecular formula is C14H27N. The molecule has 4 unspecified atom stereocenters. The van der Waals surface area contributed by atoms with Crippen molar-refractivity contribution in [1.82, 2.24) is 4.90 Å². The maximum Gasteiger partial charge on any atom is 0.0136 e. The van der Waals surface area contributed by atoms with Crippen molar-refractivity contribution in [3.63, 3.8) is 0 Å². The highest BCUT2D eigenvalue weighted by Crippen LogP contribution is 2.46. The van der Waals surface area contributed by atoms with Gasteiger partial charge >= 0.3 is 0 Å². The van der Waals surface area contributed by atoms with Gasteiger partial charge in [-0.1, -0.05) is 27.2 Å². The van der Waals surface area contributed by atoms with Gasteiger partial charge in [-0.25, -0.2) is 0 Å². The van der Waals surface area contributed by atoms with Crippen LogP contribution in [0.5, 0.6) is 0 Å². The van der Waals surface area contributed by atoms with Crippen LogP contribution in [0, 0.1) is 11.8 Å². The fourth-order valence-electron chi connectivity index (χ4n) is 3.58. The molecule has 0 spiro atoms. The van der Waals surface area contributed by atoms with Crippen molar-refractivity contribution in [2.45, 2.75) is 77.9 Å². The van der Waals surface area contributed by atoms with E-state index < -0.39 is 0 Å². The van der Waals surface area contributed by atoms with Gasteiger partial charge in [0.05, 0.1) is 0 Å². The maximum absolute atomic E-state index is 2.87. The van der Waals surface area contributed by atoms with Crippen LogP contribution < -0.4 is 0 Å². The minimum Gasteiger partial charge on any atom is -0.294 e. The second kappa shape index (κ2) is 4.45. The third kappa shape index (κ3) is 2.22. The smallest absolute Gasteiger partial charge is 0.0136 e. The topological polar surface area (TPSA) is 3.24 Å². The predicted octanol–water partition coefficient (Wildman–Crippen LogP) is 3.68. The molecule has 1 saturated carbocycles. The van der Waals surface area contributed by atoms with Gasteiger partial charge in [-0.3, -0.25) is 4.90 Å². The Morgan fingerprint density at radius 1 is 1.27 bits per heavy atom. The van der Waals surface area contributed by atoms with Gasteiger partial charge in [-0.15, -0.1) is 0 Å². The van der Waals surface area contributed by atoms with Crippen molar-refractivity contribution < 1.29 is 0 Å². The summed E-state index contributed by atoms with van der Waals surface area (Å²) >= 11 is 0. The Bertz CT molecular complexity index is 209. The van der Waals surface area contributed by atoms with Gasteiger partial charge in [0, 0.05) is 18.1 Å². The molecule has 0 aromatic carbocycles. The highest BCUT2D eigenvalue weighted by molar-refractivity contribution is 5.02. The van der Waals surface area contributed by atoms with Crippen LogP contribution in [0.1, 0.15) is 59.8 Å². The Labute approximate surface area is 95.2 Å². The quantitative estimate of drug-likeness (QED) is 0.682. The normalized spacial score (nSPS) is 41.4. The van der Waals surface area contributed by atoms with Crippen LogP contribution >= 0.6 is 0 Å². The van der Waals surface area contributed by atoms with Gasteiger partial charge in [-0.2, -0.15) is 0 Å². The predicted molar refractivity (Wildman–Crippen MR) is 66.0 cm³/mol. The van der Waals surface area contributed by atoms with E-state index in [-0.39, 0.29) is 0 Å². The molecule has 0 N–H and O–H groups in total. The molecule has 1 aliphatic heterocycles. The number of nitrogens with zero attached hydrogens (tertiary/aromatic N) is 1. The third-order valence-electron chi connectivity index (χ3n) is 4.51. The second-order valence-corrected chi connectivity index (χ2v) is 6.03. The molecule has 1 saturated heterocycles. The van der Waals surface area contributed by atoms with Crippen molar-refractivity contribution in [3.05, 3.63) is 0 Å². The molecular weight excluding hydrogens is 182 g/mol. The molecule has 2 rings (SSSR count). The van der Waals surface area contributed by atoms with E-state index in [2.05, 4.69) is 32.6 Å². The van der Waals surface area contributed by atoms with E-state index >= 15 is 0 Å². The largest absolute Gasteiger partial charge is 0.294 e. The molecule has 0 aromatic heterocycles. The molecule has 0 radical (unpaired) electrons. The maximum atomic E-state index is 2.87. The summed E-state index contributed by atoms with van der Waals surface area (Å²) in [5.41, 5.74) is 0. The SMILES string of the molecule is CCCC1CCC(C)N1C1CC1C(C)C. The minimum absolute atomic E-state index is 0.857. The van der Waals surface area contributed by atoms with Crippen molar-refractivity contribution in [2.24, 2.45) is 11.8 Å². The van der Waals surface area contributed by atoms with Gasteiger partial charge in [0.1, 0.15) is 0 Å². The van der Waals surface area contributed by atoms with E-state index in [1.807, 2.05) is 0 Å². The van der Waals surface area contributed by atoms with E-state index in [1.165, 1.54) is 32.1 Å². The number of hydrogen-bond donors (Lipinski definition) is 0. The molecule has 1 nitrogen and oxygen atoms in total. The van der Waals surface area contributed by atoms with E-state index in [0.717, 1.165) is 30.0 Å². The molecule has 0 bridgehead atoms. The highest BCUT2D eigenvalue weighted by Gasteiger charge is 2.48. The summed E-state index contributed by atoms with van der Waals surface area (Å²) in [5, 5.41) is 0. The first-order valence-corrected chi connectivity index (χ1v) is 6.92. The fraction of sp³-hybridized carbons (Fsp3) is 1.00. The Morgan fingerprint density at radius 2 is 2.00 bits per heavy atom. The molecule has 1 heteroatoms. The Hall–Kier alpha value is -0.0400. The summed E-state index contributed by atoms with van der Waals surface area (Å²) in [6.07, 6.45) is 7.14. The zero-order valence-electron chi connectivity index (χ0n) is 10.9. The average Bonchev–Trinajstić information content (AvgIpc) is 2.88. The molecule has 2 aliphatic rings. The lowest BCUT2D eigenvalue weighted by atomic mass is 10.1. The van der Waals surface area contributed by atoms with Gasteiger partial charge in [0.2, 0.25) is 0 Å². The van der Waals surface area contributed by atoms with Crippen molar-refractivity contribution >= 4 is 0 Å². The first kappa shape index (κ1) is 11.4. The Morgan fingerprint density at radius 3 is 2.53 bits per heavy atom. The van der Waals surface area contributed by atoms with Crippen molar-refractivity contribution in [3.8, 4) is 0 Å². The highest BCUT2D eigenvalue weighted by atomic mass is 15.3. The summed E-state index contributed by atoms with van der Waals surface area (Å²) in [7, 11) is 0. The van der Waals surface area contributed by atoms with Crippen LogP contribution in [0.25, 0.3) is 0 Å². The molecule has 15 heavy (non-hydrogen) atoms. The van der Waals surface area contributed by atoms with E-state index in [0.29, 0.717) is 0 Å². The average molecular weight is 209 g/mol. The van der Waals surface area contributed by atoms with E-state index in [9.17, 15) is 0 Å².